The van der Waals surface area contributed by atoms with Gasteiger partial charge < -0.3 is 28.6 Å². The molecule has 0 aliphatic rings. The number of carbonyl (C=O) groups excluding carboxylic acids is 3. The summed E-state index contributed by atoms with van der Waals surface area (Å²) in [6, 6.07) is -0.745. The molecule has 0 saturated carbocycles. The fraction of sp³-hybridized carbons (Fsp3) is 0.595. The van der Waals surface area contributed by atoms with Gasteiger partial charge in [0.15, 0.2) is 6.10 Å². The first-order valence-electron chi connectivity index (χ1n) is 18.6. The van der Waals surface area contributed by atoms with Crippen molar-refractivity contribution in [1.82, 2.24) is 0 Å². The largest absolute Gasteiger partial charge is 0.544 e. The van der Waals surface area contributed by atoms with Crippen molar-refractivity contribution in [3.8, 4) is 0 Å². The van der Waals surface area contributed by atoms with E-state index in [1.807, 2.05) is 18.2 Å². The summed E-state index contributed by atoms with van der Waals surface area (Å²) in [5.74, 6) is -1.93. The SMILES string of the molecule is CC/C=C/C/C=C/C/C=C/C/C=C/C/C=C/C/C=C/CCC(=O)OC(COCCC(C(=O)[O-])[N+](C)(C)C)COC(=O)CC/C=C/CCCCC. The van der Waals surface area contributed by atoms with Gasteiger partial charge in [0.1, 0.15) is 12.6 Å². The van der Waals surface area contributed by atoms with Gasteiger partial charge in [-0.1, -0.05) is 112 Å². The molecule has 0 radical (unpaired) electrons. The van der Waals surface area contributed by atoms with Crippen LogP contribution in [0.5, 0.6) is 0 Å². The number of carboxylic acids is 1. The molecule has 0 aromatic rings. The lowest BCUT2D eigenvalue weighted by atomic mass is 10.1. The number of hydrogen-bond acceptors (Lipinski definition) is 7. The van der Waals surface area contributed by atoms with Crippen LogP contribution in [0.3, 0.4) is 0 Å². The van der Waals surface area contributed by atoms with Crippen LogP contribution in [0.4, 0.5) is 0 Å². The van der Waals surface area contributed by atoms with Crippen LogP contribution in [0.15, 0.2) is 85.1 Å². The van der Waals surface area contributed by atoms with Gasteiger partial charge in [0.2, 0.25) is 0 Å². The number of aliphatic carboxylic acids is 1. The number of likely N-dealkylation sites (N-methyl/N-ethyl adjacent to an activating group) is 1. The zero-order valence-corrected chi connectivity index (χ0v) is 31.8. The first-order valence-corrected chi connectivity index (χ1v) is 18.6. The Bertz CT molecular complexity index is 1090. The van der Waals surface area contributed by atoms with Crippen LogP contribution in [0, 0.1) is 0 Å². The molecule has 0 aliphatic heterocycles. The van der Waals surface area contributed by atoms with Gasteiger partial charge in [0, 0.05) is 19.3 Å². The molecule has 8 nitrogen and oxygen atoms in total. The number of unbranched alkanes of at least 4 members (excludes halogenated alkanes) is 3. The van der Waals surface area contributed by atoms with Crippen LogP contribution >= 0.6 is 0 Å². The van der Waals surface area contributed by atoms with Crippen LogP contribution in [-0.2, 0) is 28.6 Å². The van der Waals surface area contributed by atoms with E-state index in [-0.39, 0.29) is 49.5 Å². The molecule has 0 bridgehead atoms. The summed E-state index contributed by atoms with van der Waals surface area (Å²) in [5, 5.41) is 11.5. The van der Waals surface area contributed by atoms with Gasteiger partial charge in [-0.15, -0.1) is 0 Å². The molecule has 2 unspecified atom stereocenters. The third-order valence-electron chi connectivity index (χ3n) is 7.54. The summed E-state index contributed by atoms with van der Waals surface area (Å²) in [6.07, 6.45) is 40.9. The summed E-state index contributed by atoms with van der Waals surface area (Å²) < 4.78 is 16.9. The Hall–Kier alpha value is -3.49. The molecule has 0 saturated heterocycles. The Balaban J connectivity index is 4.56. The predicted octanol–water partition coefficient (Wildman–Crippen LogP) is 8.07. The Morgan fingerprint density at radius 2 is 1.10 bits per heavy atom. The molecular weight excluding hydrogens is 630 g/mol. The van der Waals surface area contributed by atoms with Crippen molar-refractivity contribution in [3.05, 3.63) is 85.1 Å². The fourth-order valence-electron chi connectivity index (χ4n) is 4.64. The Morgan fingerprint density at radius 1 is 0.620 bits per heavy atom. The zero-order chi connectivity index (χ0) is 37.1. The third kappa shape index (κ3) is 30.6. The fourth-order valence-corrected chi connectivity index (χ4v) is 4.64. The highest BCUT2D eigenvalue weighted by atomic mass is 16.6. The van der Waals surface area contributed by atoms with Crippen molar-refractivity contribution in [1.29, 1.82) is 0 Å². The van der Waals surface area contributed by atoms with Crippen LogP contribution < -0.4 is 5.11 Å². The number of hydrogen-bond donors (Lipinski definition) is 0. The number of ether oxygens (including phenoxy) is 3. The van der Waals surface area contributed by atoms with Crippen molar-refractivity contribution in [2.45, 2.75) is 122 Å². The van der Waals surface area contributed by atoms with Crippen molar-refractivity contribution in [2.24, 2.45) is 0 Å². The minimum Gasteiger partial charge on any atom is -0.544 e. The Morgan fingerprint density at radius 3 is 1.60 bits per heavy atom. The standard InChI is InChI=1S/C42H67NO7/c1-6-8-10-12-14-15-16-17-18-19-20-21-22-23-24-25-27-29-31-33-41(45)50-38(36-48-35-34-39(42(46)47)43(3,4)5)37-49-40(44)32-30-28-26-13-11-9-7-2/h8,10,14-15,17-18,20-21,23-24,26-29,38-39H,6-7,9,11-13,16,19,22,25,30-37H2,1-5H3/b10-8+,15-14+,18-17+,21-20+,24-23+,28-26+,29-27+. The average molecular weight is 698 g/mol. The number of esters is 2. The van der Waals surface area contributed by atoms with E-state index in [1.54, 1.807) is 21.1 Å². The van der Waals surface area contributed by atoms with Gasteiger partial charge >= 0.3 is 11.9 Å². The second kappa shape index (κ2) is 32.7. The number of carboxylic acid groups (broad SMARTS) is 1. The molecule has 0 rings (SSSR count). The molecule has 0 heterocycles. The third-order valence-corrected chi connectivity index (χ3v) is 7.54. The molecule has 50 heavy (non-hydrogen) atoms. The maximum absolute atomic E-state index is 12.6. The van der Waals surface area contributed by atoms with E-state index >= 15 is 0 Å². The van der Waals surface area contributed by atoms with Gasteiger partial charge in [0.25, 0.3) is 0 Å². The van der Waals surface area contributed by atoms with Gasteiger partial charge in [0.05, 0.1) is 40.3 Å². The predicted molar refractivity (Wildman–Crippen MR) is 203 cm³/mol. The summed E-state index contributed by atoms with van der Waals surface area (Å²) in [6.45, 7) is 4.31. The van der Waals surface area contributed by atoms with Crippen molar-refractivity contribution < 1.29 is 38.2 Å². The monoisotopic (exact) mass is 697 g/mol. The van der Waals surface area contributed by atoms with Crippen molar-refractivity contribution in [2.75, 3.05) is 41.0 Å². The number of quaternary nitrogens is 1. The van der Waals surface area contributed by atoms with E-state index < -0.39 is 24.1 Å². The summed E-state index contributed by atoms with van der Waals surface area (Å²) in [7, 11) is 5.34. The van der Waals surface area contributed by atoms with Gasteiger partial charge in [-0.05, 0) is 64.2 Å². The smallest absolute Gasteiger partial charge is 0.306 e. The van der Waals surface area contributed by atoms with E-state index in [4.69, 9.17) is 14.2 Å². The molecule has 0 N–H and O–H groups in total. The molecule has 282 valence electrons. The first-order chi connectivity index (χ1) is 24.1. The van der Waals surface area contributed by atoms with E-state index in [0.29, 0.717) is 12.8 Å². The van der Waals surface area contributed by atoms with E-state index in [1.165, 1.54) is 12.8 Å². The highest BCUT2D eigenvalue weighted by Gasteiger charge is 2.25. The number of nitrogens with zero attached hydrogens (tertiary/aromatic N) is 1. The van der Waals surface area contributed by atoms with Crippen LogP contribution in [0.1, 0.15) is 110 Å². The normalized spacial score (nSPS) is 14.0. The molecular formula is C42H67NO7. The molecule has 0 aromatic carbocycles. The van der Waals surface area contributed by atoms with Crippen LogP contribution in [0.25, 0.3) is 0 Å². The summed E-state index contributed by atoms with van der Waals surface area (Å²) in [4.78, 5) is 36.4. The highest BCUT2D eigenvalue weighted by Crippen LogP contribution is 2.09. The Kier molecular flexibility index (Phi) is 30.4. The van der Waals surface area contributed by atoms with Gasteiger partial charge in [-0.3, -0.25) is 9.59 Å². The van der Waals surface area contributed by atoms with E-state index in [0.717, 1.165) is 51.4 Å². The molecule has 0 fully saturated rings. The minimum atomic E-state index is -1.15. The zero-order valence-electron chi connectivity index (χ0n) is 31.8. The van der Waals surface area contributed by atoms with Crippen molar-refractivity contribution in [3.63, 3.8) is 0 Å². The summed E-state index contributed by atoms with van der Waals surface area (Å²) >= 11 is 0. The van der Waals surface area contributed by atoms with Crippen LogP contribution in [0.2, 0.25) is 0 Å². The quantitative estimate of drug-likeness (QED) is 0.0313. The van der Waals surface area contributed by atoms with Crippen molar-refractivity contribution >= 4 is 17.9 Å². The molecule has 0 amide bonds. The topological polar surface area (TPSA) is 102 Å². The van der Waals surface area contributed by atoms with Gasteiger partial charge in [-0.25, -0.2) is 0 Å². The molecule has 2 atom stereocenters. The highest BCUT2D eigenvalue weighted by molar-refractivity contribution is 5.70. The average Bonchev–Trinajstić information content (AvgIpc) is 3.06. The second-order valence-electron chi connectivity index (χ2n) is 13.1. The Labute approximate surface area is 303 Å². The first kappa shape index (κ1) is 46.5. The lowest BCUT2D eigenvalue weighted by molar-refractivity contribution is -0.889. The number of carbonyl (C=O) groups is 3. The van der Waals surface area contributed by atoms with E-state index in [2.05, 4.69) is 80.7 Å². The molecule has 0 spiro atoms. The maximum Gasteiger partial charge on any atom is 0.306 e. The molecule has 0 aromatic heterocycles. The van der Waals surface area contributed by atoms with Crippen LogP contribution in [-0.4, -0.2) is 75.5 Å². The molecule has 0 aliphatic carbocycles. The second-order valence-corrected chi connectivity index (χ2v) is 13.1. The van der Waals surface area contributed by atoms with E-state index in [9.17, 15) is 19.5 Å². The molecule has 8 heteroatoms. The summed E-state index contributed by atoms with van der Waals surface area (Å²) in [5.41, 5.74) is 0. The van der Waals surface area contributed by atoms with Gasteiger partial charge in [-0.2, -0.15) is 0 Å². The number of rotatable bonds is 31. The lowest BCUT2D eigenvalue weighted by Crippen LogP contribution is -2.55. The number of allylic oxidation sites excluding steroid dienone is 14. The maximum atomic E-state index is 12.6. The lowest BCUT2D eigenvalue weighted by Gasteiger charge is -2.34. The minimum absolute atomic E-state index is 0.00677.